The number of piperazine rings is 1. The van der Waals surface area contributed by atoms with Crippen LogP contribution in [0.3, 0.4) is 0 Å². The van der Waals surface area contributed by atoms with Crippen LogP contribution in [0.5, 0.6) is 0 Å². The lowest BCUT2D eigenvalue weighted by Crippen LogP contribution is -2.62. The SMILES string of the molecule is Cc1cccc(C)c1C1CC2NC(NSC3CCCC(C3)CN3CCN(C(C)C)C[C@@H]3CO2)N1. The molecular formula is C27H45N5OS. The summed E-state index contributed by atoms with van der Waals surface area (Å²) in [7, 11) is 0. The topological polar surface area (TPSA) is 51.8 Å². The molecule has 4 fully saturated rings. The van der Waals surface area contributed by atoms with Gasteiger partial charge in [-0.3, -0.25) is 20.4 Å². The van der Waals surface area contributed by atoms with Gasteiger partial charge in [0.2, 0.25) is 0 Å². The van der Waals surface area contributed by atoms with Gasteiger partial charge in [-0.2, -0.15) is 0 Å². The Labute approximate surface area is 211 Å². The summed E-state index contributed by atoms with van der Waals surface area (Å²) in [5.74, 6) is 0.810. The van der Waals surface area contributed by atoms with E-state index in [1.54, 1.807) is 0 Å². The van der Waals surface area contributed by atoms with Crippen molar-refractivity contribution in [2.45, 2.75) is 95.7 Å². The predicted molar refractivity (Wildman–Crippen MR) is 142 cm³/mol. The van der Waals surface area contributed by atoms with Gasteiger partial charge >= 0.3 is 0 Å². The highest BCUT2D eigenvalue weighted by Crippen LogP contribution is 2.34. The molecule has 5 rings (SSSR count). The van der Waals surface area contributed by atoms with Gasteiger partial charge in [0.05, 0.1) is 6.61 Å². The van der Waals surface area contributed by atoms with Crippen LogP contribution < -0.4 is 15.4 Å². The van der Waals surface area contributed by atoms with Gasteiger partial charge < -0.3 is 4.74 Å². The summed E-state index contributed by atoms with van der Waals surface area (Å²) in [6.45, 7) is 14.7. The molecule has 0 radical (unpaired) electrons. The maximum absolute atomic E-state index is 6.70. The van der Waals surface area contributed by atoms with Gasteiger partial charge in [0, 0.05) is 56.0 Å². The predicted octanol–water partition coefficient (Wildman–Crippen LogP) is 3.76. The molecule has 6 nitrogen and oxygen atoms in total. The van der Waals surface area contributed by atoms with E-state index in [9.17, 15) is 0 Å². The van der Waals surface area contributed by atoms with Crippen molar-refractivity contribution < 1.29 is 4.74 Å². The van der Waals surface area contributed by atoms with E-state index < -0.39 is 0 Å². The second-order valence-corrected chi connectivity index (χ2v) is 12.4. The highest BCUT2D eigenvalue weighted by atomic mass is 32.2. The summed E-state index contributed by atoms with van der Waals surface area (Å²) < 4.78 is 10.5. The monoisotopic (exact) mass is 487 g/mol. The van der Waals surface area contributed by atoms with E-state index in [1.165, 1.54) is 62.0 Å². The number of nitrogens with zero attached hydrogens (tertiary/aromatic N) is 2. The second-order valence-electron chi connectivity index (χ2n) is 11.3. The van der Waals surface area contributed by atoms with Gasteiger partial charge in [-0.25, -0.2) is 4.72 Å². The number of nitrogens with one attached hydrogen (secondary N) is 3. The summed E-state index contributed by atoms with van der Waals surface area (Å²) in [4.78, 5) is 5.41. The third-order valence-electron chi connectivity index (χ3n) is 8.50. The molecule has 3 heterocycles. The first kappa shape index (κ1) is 25.0. The van der Waals surface area contributed by atoms with Gasteiger partial charge in [0.25, 0.3) is 0 Å². The third-order valence-corrected chi connectivity index (χ3v) is 9.63. The van der Waals surface area contributed by atoms with Crippen LogP contribution in [0.1, 0.15) is 68.7 Å². The van der Waals surface area contributed by atoms with Gasteiger partial charge in [-0.1, -0.05) is 36.6 Å². The zero-order chi connectivity index (χ0) is 23.7. The highest BCUT2D eigenvalue weighted by molar-refractivity contribution is 7.98. The molecule has 3 saturated heterocycles. The minimum Gasteiger partial charge on any atom is -0.362 e. The first-order chi connectivity index (χ1) is 16.5. The second kappa shape index (κ2) is 11.2. The summed E-state index contributed by atoms with van der Waals surface area (Å²) >= 11 is 1.95. The number of rotatable bonds is 2. The highest BCUT2D eigenvalue weighted by Gasteiger charge is 2.36. The Balaban J connectivity index is 1.37. The molecular weight excluding hydrogens is 442 g/mol. The molecule has 5 unspecified atom stereocenters. The van der Waals surface area contributed by atoms with Crippen molar-refractivity contribution in [3.05, 3.63) is 34.9 Å². The maximum Gasteiger partial charge on any atom is 0.123 e. The van der Waals surface area contributed by atoms with E-state index in [1.807, 2.05) is 11.9 Å². The van der Waals surface area contributed by atoms with E-state index in [0.29, 0.717) is 17.3 Å². The fourth-order valence-electron chi connectivity index (χ4n) is 6.57. The lowest BCUT2D eigenvalue weighted by Gasteiger charge is -2.45. The van der Waals surface area contributed by atoms with E-state index in [-0.39, 0.29) is 18.6 Å². The van der Waals surface area contributed by atoms with E-state index >= 15 is 0 Å². The minimum atomic E-state index is 0.0414. The number of hydrogen-bond donors (Lipinski definition) is 3. The maximum atomic E-state index is 6.70. The molecule has 3 N–H and O–H groups in total. The minimum absolute atomic E-state index is 0.0414. The Morgan fingerprint density at radius 3 is 2.65 bits per heavy atom. The summed E-state index contributed by atoms with van der Waals surface area (Å²) in [5, 5.41) is 8.29. The van der Waals surface area contributed by atoms with Crippen molar-refractivity contribution in [3.8, 4) is 0 Å². The van der Waals surface area contributed by atoms with Crippen LogP contribution in [-0.4, -0.2) is 72.4 Å². The van der Waals surface area contributed by atoms with E-state index in [2.05, 4.69) is 71.0 Å². The van der Waals surface area contributed by atoms with Gasteiger partial charge in [-0.05, 0) is 69.6 Å². The van der Waals surface area contributed by atoms with Crippen LogP contribution in [0.2, 0.25) is 0 Å². The molecule has 6 atom stereocenters. The lowest BCUT2D eigenvalue weighted by atomic mass is 9.88. The average Bonchev–Trinajstić information content (AvgIpc) is 2.82. The third kappa shape index (κ3) is 5.83. The molecule has 1 aromatic carbocycles. The van der Waals surface area contributed by atoms with Gasteiger partial charge in [-0.15, -0.1) is 0 Å². The normalized spacial score (nSPS) is 36.3. The van der Waals surface area contributed by atoms with Crippen molar-refractivity contribution in [1.29, 1.82) is 0 Å². The molecule has 0 aromatic heterocycles. The summed E-state index contributed by atoms with van der Waals surface area (Å²) in [5.41, 5.74) is 4.16. The number of benzene rings is 1. The molecule has 190 valence electrons. The summed E-state index contributed by atoms with van der Waals surface area (Å²) in [6, 6.07) is 8.01. The van der Waals surface area contributed by atoms with Crippen molar-refractivity contribution in [3.63, 3.8) is 0 Å². The van der Waals surface area contributed by atoms with Crippen molar-refractivity contribution in [2.75, 3.05) is 32.8 Å². The van der Waals surface area contributed by atoms with Crippen LogP contribution in [0.25, 0.3) is 0 Å². The fraction of sp³-hybridized carbons (Fsp3) is 0.778. The Hall–Kier alpha value is -0.670. The van der Waals surface area contributed by atoms with Gasteiger partial charge in [0.1, 0.15) is 12.5 Å². The standard InChI is InChI=1S/C27H45N5OS/c1-18(2)31-11-12-32-15-21-9-6-10-23(13-21)34-30-27-28-24(26-19(3)7-5-8-20(26)4)14-25(29-27)33-17-22(32)16-31/h5,7-8,18,21-25,27-30H,6,9-17H2,1-4H3/t21?,22-,23?,24?,25?,27?/m1/s1. The van der Waals surface area contributed by atoms with Crippen LogP contribution in [0.4, 0.5) is 0 Å². The average molecular weight is 488 g/mol. The summed E-state index contributed by atoms with van der Waals surface area (Å²) in [6.07, 6.45) is 6.42. The Bertz CT molecular complexity index is 802. The van der Waals surface area contributed by atoms with Crippen molar-refractivity contribution >= 4 is 11.9 Å². The molecule has 1 aliphatic carbocycles. The molecule has 4 aliphatic rings. The molecule has 3 aliphatic heterocycles. The lowest BCUT2D eigenvalue weighted by molar-refractivity contribution is -0.0626. The zero-order valence-corrected chi connectivity index (χ0v) is 22.4. The molecule has 7 heteroatoms. The number of hydrogen-bond acceptors (Lipinski definition) is 7. The van der Waals surface area contributed by atoms with Crippen molar-refractivity contribution in [2.24, 2.45) is 5.92 Å². The first-order valence-corrected chi connectivity index (χ1v) is 14.4. The van der Waals surface area contributed by atoms with Crippen LogP contribution in [0, 0.1) is 19.8 Å². The molecule has 34 heavy (non-hydrogen) atoms. The Morgan fingerprint density at radius 2 is 1.85 bits per heavy atom. The number of fused-ring (bicyclic) bond motifs is 5. The molecule has 0 spiro atoms. The largest absolute Gasteiger partial charge is 0.362 e. The smallest absolute Gasteiger partial charge is 0.123 e. The fourth-order valence-corrected chi connectivity index (χ4v) is 7.69. The quantitative estimate of drug-likeness (QED) is 0.549. The zero-order valence-electron chi connectivity index (χ0n) is 21.6. The van der Waals surface area contributed by atoms with Crippen LogP contribution in [-0.2, 0) is 4.74 Å². The van der Waals surface area contributed by atoms with E-state index in [4.69, 9.17) is 4.74 Å². The Morgan fingerprint density at radius 1 is 1.03 bits per heavy atom. The Kier molecular flexibility index (Phi) is 8.20. The van der Waals surface area contributed by atoms with Crippen LogP contribution >= 0.6 is 11.9 Å². The molecule has 1 aromatic rings. The number of ether oxygens (including phenoxy) is 1. The number of aryl methyl sites for hydroxylation is 2. The van der Waals surface area contributed by atoms with Gasteiger partial charge in [0.15, 0.2) is 0 Å². The van der Waals surface area contributed by atoms with E-state index in [0.717, 1.165) is 25.5 Å². The van der Waals surface area contributed by atoms with Crippen LogP contribution in [0.15, 0.2) is 18.2 Å². The molecule has 0 amide bonds. The van der Waals surface area contributed by atoms with Crippen molar-refractivity contribution in [1.82, 2.24) is 25.2 Å². The first-order valence-electron chi connectivity index (χ1n) is 13.6. The molecule has 4 bridgehead atoms. The molecule has 1 saturated carbocycles.